The van der Waals surface area contributed by atoms with Crippen LogP contribution < -0.4 is 10.6 Å². The summed E-state index contributed by atoms with van der Waals surface area (Å²) < 4.78 is 5.21. The van der Waals surface area contributed by atoms with Gasteiger partial charge in [-0.25, -0.2) is 9.59 Å². The maximum absolute atomic E-state index is 12.5. The highest BCUT2D eigenvalue weighted by Gasteiger charge is 2.20. The van der Waals surface area contributed by atoms with Gasteiger partial charge in [0.15, 0.2) is 0 Å². The Morgan fingerprint density at radius 2 is 1.92 bits per heavy atom. The molecule has 26 heavy (non-hydrogen) atoms. The van der Waals surface area contributed by atoms with Crippen molar-refractivity contribution >= 4 is 34.4 Å². The van der Waals surface area contributed by atoms with E-state index in [1.165, 1.54) is 11.3 Å². The topological polar surface area (TPSA) is 108 Å². The number of hydrogen-bond acceptors (Lipinski definition) is 5. The van der Waals surface area contributed by atoms with Crippen LogP contribution >= 0.6 is 11.3 Å². The van der Waals surface area contributed by atoms with Crippen LogP contribution in [0.15, 0.2) is 6.07 Å². The van der Waals surface area contributed by atoms with Crippen LogP contribution in [-0.4, -0.2) is 53.8 Å². The SMILES string of the molecule is Cc1cc(NC(=O)OC(C)(C)C)sc1C(=O)N(C)CCCCNC(=O)O. The lowest BCUT2D eigenvalue weighted by Crippen LogP contribution is -2.28. The van der Waals surface area contributed by atoms with Crippen LogP contribution in [0.4, 0.5) is 14.6 Å². The number of ether oxygens (including phenoxy) is 1. The summed E-state index contributed by atoms with van der Waals surface area (Å²) in [6, 6.07) is 1.74. The Morgan fingerprint density at radius 1 is 1.27 bits per heavy atom. The molecule has 3 N–H and O–H groups in total. The Bertz CT molecular complexity index is 651. The van der Waals surface area contributed by atoms with E-state index < -0.39 is 17.8 Å². The molecule has 0 saturated carbocycles. The predicted octanol–water partition coefficient (Wildman–Crippen LogP) is 3.52. The molecular weight excluding hydrogens is 358 g/mol. The number of rotatable bonds is 7. The third kappa shape index (κ3) is 7.73. The number of aryl methyl sites for hydroxylation is 1. The van der Waals surface area contributed by atoms with E-state index in [9.17, 15) is 14.4 Å². The Hall–Kier alpha value is -2.29. The number of thiophene rings is 1. The van der Waals surface area contributed by atoms with Crippen molar-refractivity contribution in [1.82, 2.24) is 10.2 Å². The first-order chi connectivity index (χ1) is 12.0. The van der Waals surface area contributed by atoms with Gasteiger partial charge in [0.1, 0.15) is 5.60 Å². The first kappa shape index (κ1) is 21.8. The van der Waals surface area contributed by atoms with E-state index in [0.29, 0.717) is 35.8 Å². The summed E-state index contributed by atoms with van der Waals surface area (Å²) in [5.41, 5.74) is 0.190. The van der Waals surface area contributed by atoms with Gasteiger partial charge in [-0.1, -0.05) is 0 Å². The highest BCUT2D eigenvalue weighted by molar-refractivity contribution is 7.18. The van der Waals surface area contributed by atoms with Crippen molar-refractivity contribution in [2.24, 2.45) is 0 Å². The average Bonchev–Trinajstić information content (AvgIpc) is 2.83. The second-order valence-corrected chi connectivity index (χ2v) is 7.97. The molecule has 9 heteroatoms. The zero-order valence-corrected chi connectivity index (χ0v) is 16.7. The fourth-order valence-electron chi connectivity index (χ4n) is 2.10. The first-order valence-electron chi connectivity index (χ1n) is 8.32. The van der Waals surface area contributed by atoms with Crippen molar-refractivity contribution in [3.63, 3.8) is 0 Å². The van der Waals surface area contributed by atoms with E-state index in [0.717, 1.165) is 5.56 Å². The second-order valence-electron chi connectivity index (χ2n) is 6.92. The molecule has 0 radical (unpaired) electrons. The van der Waals surface area contributed by atoms with Gasteiger partial charge in [-0.2, -0.15) is 0 Å². The predicted molar refractivity (Wildman–Crippen MR) is 101 cm³/mol. The normalized spacial score (nSPS) is 11.0. The van der Waals surface area contributed by atoms with Gasteiger partial charge in [0.2, 0.25) is 0 Å². The largest absolute Gasteiger partial charge is 0.465 e. The minimum atomic E-state index is -1.05. The molecule has 0 bridgehead atoms. The van der Waals surface area contributed by atoms with E-state index in [-0.39, 0.29) is 5.91 Å². The fraction of sp³-hybridized carbons (Fsp3) is 0.588. The van der Waals surface area contributed by atoms with Gasteiger partial charge in [0.25, 0.3) is 5.91 Å². The van der Waals surface area contributed by atoms with Crippen LogP contribution in [0.3, 0.4) is 0 Å². The van der Waals surface area contributed by atoms with Crippen molar-refractivity contribution in [2.75, 3.05) is 25.5 Å². The van der Waals surface area contributed by atoms with Gasteiger partial charge in [0.05, 0.1) is 9.88 Å². The van der Waals surface area contributed by atoms with Gasteiger partial charge >= 0.3 is 12.2 Å². The summed E-state index contributed by atoms with van der Waals surface area (Å²) in [7, 11) is 1.70. The molecule has 0 spiro atoms. The Morgan fingerprint density at radius 3 is 2.50 bits per heavy atom. The number of nitrogens with zero attached hydrogens (tertiary/aromatic N) is 1. The third-order valence-electron chi connectivity index (χ3n) is 3.28. The zero-order valence-electron chi connectivity index (χ0n) is 15.8. The number of carbonyl (C=O) groups excluding carboxylic acids is 2. The number of hydrogen-bond donors (Lipinski definition) is 3. The molecule has 3 amide bonds. The molecular formula is C17H27N3O5S. The third-order valence-corrected chi connectivity index (χ3v) is 4.42. The molecule has 0 aliphatic heterocycles. The summed E-state index contributed by atoms with van der Waals surface area (Å²) in [4.78, 5) is 36.9. The maximum Gasteiger partial charge on any atom is 0.412 e. The van der Waals surface area contributed by atoms with E-state index in [1.807, 2.05) is 6.92 Å². The Balaban J connectivity index is 2.57. The van der Waals surface area contributed by atoms with Crippen LogP contribution in [0, 0.1) is 6.92 Å². The van der Waals surface area contributed by atoms with Crippen molar-refractivity contribution in [2.45, 2.75) is 46.1 Å². The molecule has 0 aliphatic rings. The number of amides is 3. The van der Waals surface area contributed by atoms with Crippen molar-refractivity contribution < 1.29 is 24.2 Å². The maximum atomic E-state index is 12.5. The van der Waals surface area contributed by atoms with Crippen LogP contribution in [0.25, 0.3) is 0 Å². The van der Waals surface area contributed by atoms with Crippen LogP contribution in [0.5, 0.6) is 0 Å². The molecule has 146 valence electrons. The number of nitrogens with one attached hydrogen (secondary N) is 2. The van der Waals surface area contributed by atoms with E-state index in [4.69, 9.17) is 9.84 Å². The molecule has 8 nitrogen and oxygen atoms in total. The highest BCUT2D eigenvalue weighted by atomic mass is 32.1. The monoisotopic (exact) mass is 385 g/mol. The molecule has 0 fully saturated rings. The standard InChI is InChI=1S/C17H27N3O5S/c1-11-10-12(19-16(24)25-17(2,3)4)26-13(11)14(21)20(5)9-7-6-8-18-15(22)23/h10,18H,6-9H2,1-5H3,(H,19,24)(H,22,23). The van der Waals surface area contributed by atoms with Gasteiger partial charge in [-0.15, -0.1) is 11.3 Å². The van der Waals surface area contributed by atoms with Crippen molar-refractivity contribution in [3.8, 4) is 0 Å². The molecule has 0 saturated heterocycles. The van der Waals surface area contributed by atoms with Gasteiger partial charge < -0.3 is 20.1 Å². The highest BCUT2D eigenvalue weighted by Crippen LogP contribution is 2.28. The number of carboxylic acid groups (broad SMARTS) is 1. The first-order valence-corrected chi connectivity index (χ1v) is 9.14. The summed E-state index contributed by atoms with van der Waals surface area (Å²) in [5, 5.41) is 14.0. The summed E-state index contributed by atoms with van der Waals surface area (Å²) in [5.74, 6) is -0.129. The van der Waals surface area contributed by atoms with Gasteiger partial charge in [-0.3, -0.25) is 10.1 Å². The minimum absolute atomic E-state index is 0.129. The minimum Gasteiger partial charge on any atom is -0.465 e. The Kier molecular flexibility index (Phi) is 7.88. The fourth-order valence-corrected chi connectivity index (χ4v) is 3.16. The molecule has 1 rings (SSSR count). The van der Waals surface area contributed by atoms with E-state index in [1.54, 1.807) is 38.8 Å². The summed E-state index contributed by atoms with van der Waals surface area (Å²) in [6.45, 7) is 8.03. The lowest BCUT2D eigenvalue weighted by Gasteiger charge is -2.19. The Labute approximate surface area is 157 Å². The van der Waals surface area contributed by atoms with Gasteiger partial charge in [0, 0.05) is 20.1 Å². The lowest BCUT2D eigenvalue weighted by atomic mass is 10.2. The van der Waals surface area contributed by atoms with Gasteiger partial charge in [-0.05, 0) is 52.2 Å². The molecule has 0 unspecified atom stereocenters. The van der Waals surface area contributed by atoms with E-state index >= 15 is 0 Å². The second kappa shape index (κ2) is 9.42. The smallest absolute Gasteiger partial charge is 0.412 e. The number of carbonyl (C=O) groups is 3. The zero-order chi connectivity index (χ0) is 19.9. The molecule has 0 aromatic carbocycles. The van der Waals surface area contributed by atoms with E-state index in [2.05, 4.69) is 10.6 Å². The van der Waals surface area contributed by atoms with Crippen molar-refractivity contribution in [1.29, 1.82) is 0 Å². The van der Waals surface area contributed by atoms with Crippen molar-refractivity contribution in [3.05, 3.63) is 16.5 Å². The number of unbranched alkanes of at least 4 members (excludes halogenated alkanes) is 1. The molecule has 0 atom stereocenters. The quantitative estimate of drug-likeness (QED) is 0.622. The number of anilines is 1. The molecule has 0 aliphatic carbocycles. The van der Waals surface area contributed by atoms with Crippen LogP contribution in [0.2, 0.25) is 0 Å². The van der Waals surface area contributed by atoms with Crippen LogP contribution in [-0.2, 0) is 4.74 Å². The summed E-state index contributed by atoms with van der Waals surface area (Å²) in [6.07, 6.45) is -0.264. The summed E-state index contributed by atoms with van der Waals surface area (Å²) >= 11 is 1.20. The van der Waals surface area contributed by atoms with Crippen LogP contribution in [0.1, 0.15) is 48.8 Å². The average molecular weight is 385 g/mol. The molecule has 1 aromatic heterocycles. The molecule has 1 heterocycles. The lowest BCUT2D eigenvalue weighted by molar-refractivity contribution is 0.0636. The molecule has 1 aromatic rings.